The highest BCUT2D eigenvalue weighted by atomic mass is 35.5. The van der Waals surface area contributed by atoms with Crippen molar-refractivity contribution < 1.29 is 14.3 Å². The van der Waals surface area contributed by atoms with Gasteiger partial charge in [0.15, 0.2) is 17.3 Å². The number of amides is 1. The number of halogens is 1. The molecular formula is C13H12ClN3O3. The van der Waals surface area contributed by atoms with Crippen molar-refractivity contribution in [1.82, 2.24) is 10.2 Å². The number of hydrogen-bond donors (Lipinski definition) is 2. The van der Waals surface area contributed by atoms with E-state index in [4.69, 9.17) is 21.1 Å². The van der Waals surface area contributed by atoms with E-state index in [1.54, 1.807) is 12.1 Å². The summed E-state index contributed by atoms with van der Waals surface area (Å²) in [5, 5.41) is 9.87. The van der Waals surface area contributed by atoms with Crippen molar-refractivity contribution in [2.75, 3.05) is 12.1 Å². The lowest BCUT2D eigenvalue weighted by Gasteiger charge is -2.04. The van der Waals surface area contributed by atoms with Crippen molar-refractivity contribution in [3.63, 3.8) is 0 Å². The molecule has 0 unspecified atom stereocenters. The van der Waals surface area contributed by atoms with Crippen LogP contribution in [0.4, 0.5) is 5.82 Å². The zero-order valence-electron chi connectivity index (χ0n) is 10.7. The topological polar surface area (TPSA) is 76.2 Å². The molecule has 1 amide bonds. The number of aromatic amines is 1. The van der Waals surface area contributed by atoms with Gasteiger partial charge in [-0.25, -0.2) is 0 Å². The lowest BCUT2D eigenvalue weighted by molar-refractivity contribution is 0.102. The number of fused-ring (bicyclic) bond motifs is 1. The smallest absolute Gasteiger partial charge is 0.257 e. The van der Waals surface area contributed by atoms with Crippen LogP contribution in [-0.2, 0) is 6.42 Å². The Morgan fingerprint density at radius 3 is 3.05 bits per heavy atom. The van der Waals surface area contributed by atoms with Crippen LogP contribution < -0.4 is 14.8 Å². The predicted molar refractivity (Wildman–Crippen MR) is 73.5 cm³/mol. The molecule has 0 fully saturated rings. The third-order valence-electron chi connectivity index (χ3n) is 2.94. The number of carbonyl (C=O) groups excluding carboxylic acids is 1. The molecule has 1 aliphatic rings. The maximum Gasteiger partial charge on any atom is 0.257 e. The van der Waals surface area contributed by atoms with Gasteiger partial charge in [0.1, 0.15) is 0 Å². The fourth-order valence-electron chi connectivity index (χ4n) is 1.89. The quantitative estimate of drug-likeness (QED) is 0.912. The van der Waals surface area contributed by atoms with Crippen LogP contribution in [0.2, 0.25) is 5.02 Å². The summed E-state index contributed by atoms with van der Waals surface area (Å²) < 4.78 is 10.4. The molecule has 3 rings (SSSR count). The number of H-pyrrole nitrogens is 1. The van der Waals surface area contributed by atoms with Crippen LogP contribution >= 0.6 is 11.6 Å². The molecule has 0 aliphatic carbocycles. The van der Waals surface area contributed by atoms with E-state index in [0.717, 1.165) is 12.1 Å². The molecule has 0 radical (unpaired) electrons. The van der Waals surface area contributed by atoms with Crippen LogP contribution in [0.5, 0.6) is 11.5 Å². The van der Waals surface area contributed by atoms with Crippen molar-refractivity contribution >= 4 is 23.3 Å². The largest absolute Gasteiger partial charge is 0.454 e. The van der Waals surface area contributed by atoms with Crippen LogP contribution in [-0.4, -0.2) is 22.9 Å². The number of rotatable bonds is 3. The van der Waals surface area contributed by atoms with Crippen LogP contribution in [0.15, 0.2) is 18.2 Å². The van der Waals surface area contributed by atoms with E-state index in [1.807, 2.05) is 6.92 Å². The van der Waals surface area contributed by atoms with Crippen molar-refractivity contribution in [2.24, 2.45) is 0 Å². The van der Waals surface area contributed by atoms with Crippen molar-refractivity contribution in [2.45, 2.75) is 13.3 Å². The summed E-state index contributed by atoms with van der Waals surface area (Å²) in [5.41, 5.74) is 1.34. The Morgan fingerprint density at radius 1 is 1.45 bits per heavy atom. The average molecular weight is 294 g/mol. The van der Waals surface area contributed by atoms with E-state index in [1.165, 1.54) is 6.07 Å². The van der Waals surface area contributed by atoms with Gasteiger partial charge in [-0.1, -0.05) is 18.5 Å². The minimum atomic E-state index is -0.306. The highest BCUT2D eigenvalue weighted by Gasteiger charge is 2.21. The molecular weight excluding hydrogens is 282 g/mol. The minimum absolute atomic E-state index is 0.110. The standard InChI is InChI=1S/C13H12ClN3O3/c1-2-8-5-11(17-16-8)15-13(18)7-3-9(14)12-10(4-7)19-6-20-12/h3-5H,2,6H2,1H3,(H2,15,16,17,18). The zero-order valence-corrected chi connectivity index (χ0v) is 11.5. The Morgan fingerprint density at radius 2 is 2.30 bits per heavy atom. The first-order valence-electron chi connectivity index (χ1n) is 6.12. The van der Waals surface area contributed by atoms with Crippen LogP contribution in [0, 0.1) is 0 Å². The maximum absolute atomic E-state index is 12.1. The molecule has 6 nitrogen and oxygen atoms in total. The van der Waals surface area contributed by atoms with Gasteiger partial charge in [0.2, 0.25) is 6.79 Å². The van der Waals surface area contributed by atoms with E-state index in [-0.39, 0.29) is 12.7 Å². The lowest BCUT2D eigenvalue weighted by Crippen LogP contribution is -2.12. The Kier molecular flexibility index (Phi) is 3.23. The maximum atomic E-state index is 12.1. The second-order valence-corrected chi connectivity index (χ2v) is 4.69. The molecule has 0 spiro atoms. The monoisotopic (exact) mass is 293 g/mol. The first-order valence-corrected chi connectivity index (χ1v) is 6.50. The molecule has 1 aromatic heterocycles. The normalized spacial score (nSPS) is 12.5. The van der Waals surface area contributed by atoms with Gasteiger partial charge >= 0.3 is 0 Å². The summed E-state index contributed by atoms with van der Waals surface area (Å²) in [6.07, 6.45) is 0.818. The van der Waals surface area contributed by atoms with Gasteiger partial charge in [0, 0.05) is 17.3 Å². The number of aryl methyl sites for hydroxylation is 1. The molecule has 2 aromatic rings. The molecule has 0 saturated carbocycles. The summed E-state index contributed by atoms with van der Waals surface area (Å²) >= 11 is 6.04. The molecule has 1 aromatic carbocycles. The molecule has 0 saturated heterocycles. The van der Waals surface area contributed by atoms with E-state index < -0.39 is 0 Å². The van der Waals surface area contributed by atoms with Crippen LogP contribution in [0.3, 0.4) is 0 Å². The third kappa shape index (κ3) is 2.30. The van der Waals surface area contributed by atoms with Crippen LogP contribution in [0.1, 0.15) is 23.0 Å². The fourth-order valence-corrected chi connectivity index (χ4v) is 2.16. The number of carbonyl (C=O) groups is 1. The van der Waals surface area contributed by atoms with Crippen molar-refractivity contribution in [3.8, 4) is 11.5 Å². The van der Waals surface area contributed by atoms with Crippen molar-refractivity contribution in [3.05, 3.63) is 34.5 Å². The average Bonchev–Trinajstić information content (AvgIpc) is 3.07. The van der Waals surface area contributed by atoms with Gasteiger partial charge in [-0.05, 0) is 18.6 Å². The molecule has 1 aliphatic heterocycles. The summed E-state index contributed by atoms with van der Waals surface area (Å²) in [4.78, 5) is 12.1. The van der Waals surface area contributed by atoms with Gasteiger partial charge in [-0.2, -0.15) is 5.10 Å². The minimum Gasteiger partial charge on any atom is -0.454 e. The van der Waals surface area contributed by atoms with E-state index in [2.05, 4.69) is 15.5 Å². The number of nitrogens with one attached hydrogen (secondary N) is 2. The van der Waals surface area contributed by atoms with E-state index >= 15 is 0 Å². The molecule has 20 heavy (non-hydrogen) atoms. The third-order valence-corrected chi connectivity index (χ3v) is 3.22. The summed E-state index contributed by atoms with van der Waals surface area (Å²) in [5.74, 6) is 1.11. The molecule has 2 N–H and O–H groups in total. The summed E-state index contributed by atoms with van der Waals surface area (Å²) in [6, 6.07) is 4.92. The van der Waals surface area contributed by atoms with E-state index in [9.17, 15) is 4.79 Å². The number of nitrogens with zero attached hydrogens (tertiary/aromatic N) is 1. The summed E-state index contributed by atoms with van der Waals surface area (Å²) in [6.45, 7) is 2.11. The Hall–Kier alpha value is -2.21. The second kappa shape index (κ2) is 5.05. The highest BCUT2D eigenvalue weighted by molar-refractivity contribution is 6.32. The number of aromatic nitrogens is 2. The Balaban J connectivity index is 1.82. The SMILES string of the molecule is CCc1cc(NC(=O)c2cc(Cl)c3c(c2)OCO3)n[nH]1. The molecule has 2 heterocycles. The Labute approximate surface area is 120 Å². The second-order valence-electron chi connectivity index (χ2n) is 4.28. The fraction of sp³-hybridized carbons (Fsp3) is 0.231. The van der Waals surface area contributed by atoms with Gasteiger partial charge in [0.05, 0.1) is 5.02 Å². The predicted octanol–water partition coefficient (Wildman–Crippen LogP) is 2.61. The lowest BCUT2D eigenvalue weighted by atomic mass is 10.2. The molecule has 7 heteroatoms. The number of anilines is 1. The van der Waals surface area contributed by atoms with Gasteiger partial charge < -0.3 is 14.8 Å². The number of benzene rings is 1. The highest BCUT2D eigenvalue weighted by Crippen LogP contribution is 2.39. The molecule has 0 bridgehead atoms. The molecule has 104 valence electrons. The Bertz CT molecular complexity index is 669. The van der Waals surface area contributed by atoms with Gasteiger partial charge in [-0.3, -0.25) is 9.89 Å². The summed E-state index contributed by atoms with van der Waals surface area (Å²) in [7, 11) is 0. The first-order chi connectivity index (χ1) is 9.67. The number of ether oxygens (including phenoxy) is 2. The van der Waals surface area contributed by atoms with E-state index in [0.29, 0.717) is 27.9 Å². The van der Waals surface area contributed by atoms with Gasteiger partial charge in [-0.15, -0.1) is 0 Å². The van der Waals surface area contributed by atoms with Gasteiger partial charge in [0.25, 0.3) is 5.91 Å². The number of hydrogen-bond acceptors (Lipinski definition) is 4. The van der Waals surface area contributed by atoms with Crippen LogP contribution in [0.25, 0.3) is 0 Å². The molecule has 0 atom stereocenters. The van der Waals surface area contributed by atoms with Crippen molar-refractivity contribution in [1.29, 1.82) is 0 Å². The first kappa shape index (κ1) is 12.8. The zero-order chi connectivity index (χ0) is 14.1.